The second-order valence-electron chi connectivity index (χ2n) is 5.09. The monoisotopic (exact) mass is 260 g/mol. The Bertz CT molecular complexity index is 384. The fraction of sp³-hybridized carbons (Fsp3) is 0.529. The Morgan fingerprint density at radius 1 is 1.21 bits per heavy atom. The van der Waals surface area contributed by atoms with Crippen molar-refractivity contribution in [3.63, 3.8) is 0 Å². The lowest BCUT2D eigenvalue weighted by Crippen LogP contribution is -2.11. The normalized spacial score (nSPS) is 21.1. The van der Waals surface area contributed by atoms with E-state index in [0.717, 1.165) is 19.4 Å². The molecule has 1 aromatic rings. The van der Waals surface area contributed by atoms with Gasteiger partial charge < -0.3 is 9.47 Å². The van der Waals surface area contributed by atoms with E-state index in [2.05, 4.69) is 37.3 Å². The van der Waals surface area contributed by atoms with Crippen LogP contribution in [0.3, 0.4) is 0 Å². The first-order chi connectivity index (χ1) is 9.38. The van der Waals surface area contributed by atoms with E-state index in [1.807, 2.05) is 6.07 Å². The summed E-state index contributed by atoms with van der Waals surface area (Å²) in [5.41, 5.74) is 2.56. The van der Waals surface area contributed by atoms with Crippen LogP contribution in [-0.4, -0.2) is 19.5 Å². The second-order valence-corrected chi connectivity index (χ2v) is 5.09. The molecule has 1 saturated heterocycles. The summed E-state index contributed by atoms with van der Waals surface area (Å²) in [6.45, 7) is 3.75. The molecule has 0 aliphatic carbocycles. The zero-order valence-electron chi connectivity index (χ0n) is 11.8. The molecule has 0 N–H and O–H groups in total. The average molecular weight is 260 g/mol. The standard InChI is InChI=1S/C17H24O2/c1-2-3-4-8-11-18-17-13-16(14-19-17)12-15-9-6-5-7-10-15/h5-7,9-10,12,17H,2-4,8,11,13-14H2,1H3/b16-12-/t17-/m0/s1. The van der Waals surface area contributed by atoms with E-state index in [4.69, 9.17) is 9.47 Å². The van der Waals surface area contributed by atoms with Gasteiger partial charge in [-0.25, -0.2) is 0 Å². The van der Waals surface area contributed by atoms with Gasteiger partial charge in [-0.1, -0.05) is 62.6 Å². The van der Waals surface area contributed by atoms with Crippen molar-refractivity contribution in [1.29, 1.82) is 0 Å². The number of hydrogen-bond acceptors (Lipinski definition) is 2. The number of ether oxygens (including phenoxy) is 2. The first-order valence-corrected chi connectivity index (χ1v) is 7.36. The summed E-state index contributed by atoms with van der Waals surface area (Å²) in [6.07, 6.45) is 8.05. The Kier molecular flexibility index (Phi) is 6.12. The highest BCUT2D eigenvalue weighted by atomic mass is 16.7. The SMILES string of the molecule is CCCCCCO[C@@H]1C/C(=C/c2ccccc2)CO1. The van der Waals surface area contributed by atoms with Crippen molar-refractivity contribution in [1.82, 2.24) is 0 Å². The van der Waals surface area contributed by atoms with Crippen LogP contribution in [0.4, 0.5) is 0 Å². The maximum Gasteiger partial charge on any atom is 0.161 e. The molecule has 1 aliphatic heterocycles. The Balaban J connectivity index is 1.70. The quantitative estimate of drug-likeness (QED) is 0.676. The largest absolute Gasteiger partial charge is 0.352 e. The van der Waals surface area contributed by atoms with E-state index in [9.17, 15) is 0 Å². The van der Waals surface area contributed by atoms with Crippen molar-refractivity contribution in [3.8, 4) is 0 Å². The van der Waals surface area contributed by atoms with Crippen LogP contribution >= 0.6 is 0 Å². The number of benzene rings is 1. The molecule has 0 saturated carbocycles. The van der Waals surface area contributed by atoms with E-state index in [1.54, 1.807) is 0 Å². The molecule has 1 aliphatic rings. The predicted molar refractivity (Wildman–Crippen MR) is 78.9 cm³/mol. The maximum atomic E-state index is 5.75. The highest BCUT2D eigenvalue weighted by Gasteiger charge is 2.20. The molecule has 0 radical (unpaired) electrons. The van der Waals surface area contributed by atoms with Crippen LogP contribution < -0.4 is 0 Å². The van der Waals surface area contributed by atoms with Crippen LogP contribution in [0.5, 0.6) is 0 Å². The third-order valence-electron chi connectivity index (χ3n) is 3.36. The lowest BCUT2D eigenvalue weighted by molar-refractivity contribution is -0.111. The summed E-state index contributed by atoms with van der Waals surface area (Å²) in [6, 6.07) is 10.4. The number of rotatable bonds is 7. The van der Waals surface area contributed by atoms with Gasteiger partial charge in [-0.3, -0.25) is 0 Å². The molecule has 0 amide bonds. The predicted octanol–water partition coefficient (Wildman–Crippen LogP) is 4.41. The van der Waals surface area contributed by atoms with Gasteiger partial charge >= 0.3 is 0 Å². The Morgan fingerprint density at radius 3 is 2.84 bits per heavy atom. The summed E-state index contributed by atoms with van der Waals surface area (Å²) < 4.78 is 11.4. The molecule has 19 heavy (non-hydrogen) atoms. The highest BCUT2D eigenvalue weighted by Crippen LogP contribution is 2.22. The fourth-order valence-electron chi connectivity index (χ4n) is 2.27. The molecule has 0 aromatic heterocycles. The molecule has 1 fully saturated rings. The van der Waals surface area contributed by atoms with Gasteiger partial charge in [-0.2, -0.15) is 0 Å². The summed E-state index contributed by atoms with van der Waals surface area (Å²) in [5, 5.41) is 0. The van der Waals surface area contributed by atoms with E-state index in [-0.39, 0.29) is 6.29 Å². The molecular formula is C17H24O2. The van der Waals surface area contributed by atoms with Crippen LogP contribution in [0.25, 0.3) is 6.08 Å². The minimum Gasteiger partial charge on any atom is -0.352 e. The Hall–Kier alpha value is -1.12. The van der Waals surface area contributed by atoms with E-state index in [1.165, 1.54) is 30.4 Å². The molecule has 0 unspecified atom stereocenters. The van der Waals surface area contributed by atoms with Crippen LogP contribution in [0.2, 0.25) is 0 Å². The summed E-state index contributed by atoms with van der Waals surface area (Å²) in [4.78, 5) is 0. The molecule has 2 heteroatoms. The fourth-order valence-corrected chi connectivity index (χ4v) is 2.27. The van der Waals surface area contributed by atoms with Gasteiger partial charge in [0.15, 0.2) is 6.29 Å². The molecule has 1 aromatic carbocycles. The third-order valence-corrected chi connectivity index (χ3v) is 3.36. The van der Waals surface area contributed by atoms with Crippen molar-refractivity contribution < 1.29 is 9.47 Å². The molecule has 0 spiro atoms. The van der Waals surface area contributed by atoms with Gasteiger partial charge in [0.1, 0.15) is 0 Å². The van der Waals surface area contributed by atoms with E-state index in [0.29, 0.717) is 6.61 Å². The summed E-state index contributed by atoms with van der Waals surface area (Å²) >= 11 is 0. The van der Waals surface area contributed by atoms with Crippen molar-refractivity contribution in [2.45, 2.75) is 45.3 Å². The van der Waals surface area contributed by atoms with Crippen molar-refractivity contribution in [3.05, 3.63) is 41.5 Å². The van der Waals surface area contributed by atoms with Crippen molar-refractivity contribution in [2.75, 3.05) is 13.2 Å². The van der Waals surface area contributed by atoms with Gasteiger partial charge in [0, 0.05) is 13.0 Å². The maximum absolute atomic E-state index is 5.75. The zero-order chi connectivity index (χ0) is 13.3. The molecule has 1 atom stereocenters. The number of hydrogen-bond donors (Lipinski definition) is 0. The van der Waals surface area contributed by atoms with Gasteiger partial charge in [-0.05, 0) is 17.6 Å². The molecule has 2 nitrogen and oxygen atoms in total. The van der Waals surface area contributed by atoms with Crippen LogP contribution in [-0.2, 0) is 9.47 Å². The molecular weight excluding hydrogens is 236 g/mol. The van der Waals surface area contributed by atoms with Crippen LogP contribution in [0.15, 0.2) is 35.9 Å². The minimum atomic E-state index is -0.0309. The lowest BCUT2D eigenvalue weighted by Gasteiger charge is -2.09. The average Bonchev–Trinajstić information content (AvgIpc) is 2.87. The second kappa shape index (κ2) is 8.13. The zero-order valence-corrected chi connectivity index (χ0v) is 11.8. The van der Waals surface area contributed by atoms with Crippen molar-refractivity contribution >= 4 is 6.08 Å². The Morgan fingerprint density at radius 2 is 2.05 bits per heavy atom. The first kappa shape index (κ1) is 14.3. The van der Waals surface area contributed by atoms with Crippen LogP contribution in [0.1, 0.15) is 44.6 Å². The minimum absolute atomic E-state index is 0.0309. The van der Waals surface area contributed by atoms with Gasteiger partial charge in [0.2, 0.25) is 0 Å². The highest BCUT2D eigenvalue weighted by molar-refractivity contribution is 5.53. The van der Waals surface area contributed by atoms with Gasteiger partial charge in [0.25, 0.3) is 0 Å². The molecule has 2 rings (SSSR count). The Labute approximate surface area is 116 Å². The third kappa shape index (κ3) is 5.17. The topological polar surface area (TPSA) is 18.5 Å². The molecule has 1 heterocycles. The molecule has 0 bridgehead atoms. The van der Waals surface area contributed by atoms with Gasteiger partial charge in [-0.15, -0.1) is 0 Å². The smallest absolute Gasteiger partial charge is 0.161 e. The van der Waals surface area contributed by atoms with Crippen LogP contribution in [0, 0.1) is 0 Å². The first-order valence-electron chi connectivity index (χ1n) is 7.36. The van der Waals surface area contributed by atoms with E-state index >= 15 is 0 Å². The number of unbranched alkanes of at least 4 members (excludes halogenated alkanes) is 3. The van der Waals surface area contributed by atoms with Crippen molar-refractivity contribution in [2.24, 2.45) is 0 Å². The van der Waals surface area contributed by atoms with Gasteiger partial charge in [0.05, 0.1) is 6.61 Å². The summed E-state index contributed by atoms with van der Waals surface area (Å²) in [5.74, 6) is 0. The van der Waals surface area contributed by atoms with E-state index < -0.39 is 0 Å². The molecule has 104 valence electrons. The summed E-state index contributed by atoms with van der Waals surface area (Å²) in [7, 11) is 0. The lowest BCUT2D eigenvalue weighted by atomic mass is 10.1.